The van der Waals surface area contributed by atoms with E-state index < -0.39 is 0 Å². The second-order valence-electron chi connectivity index (χ2n) is 3.19. The quantitative estimate of drug-likeness (QED) is 0.788. The molecule has 1 aromatic rings. The van der Waals surface area contributed by atoms with E-state index in [1.54, 1.807) is 13.3 Å². The van der Waals surface area contributed by atoms with Crippen molar-refractivity contribution in [1.82, 2.24) is 15.3 Å². The lowest BCUT2D eigenvalue weighted by Gasteiger charge is -2.16. The Labute approximate surface area is 88.8 Å². The Morgan fingerprint density at radius 2 is 2.47 bits per heavy atom. The lowest BCUT2D eigenvalue weighted by atomic mass is 10.2. The number of pyridine rings is 1. The zero-order valence-corrected chi connectivity index (χ0v) is 8.90. The van der Waals surface area contributed by atoms with Crippen LogP contribution in [0.3, 0.4) is 0 Å². The second kappa shape index (κ2) is 4.16. The van der Waals surface area contributed by atoms with Gasteiger partial charge in [0.05, 0.1) is 7.11 Å². The molecule has 0 saturated heterocycles. The van der Waals surface area contributed by atoms with Gasteiger partial charge in [0.15, 0.2) is 5.84 Å². The average Bonchev–Trinajstić information content (AvgIpc) is 2.77. The minimum Gasteiger partial charge on any atom is -0.481 e. The van der Waals surface area contributed by atoms with Crippen molar-refractivity contribution >= 4 is 5.84 Å². The highest BCUT2D eigenvalue weighted by atomic mass is 16.5. The zero-order chi connectivity index (χ0) is 10.7. The first kappa shape index (κ1) is 9.76. The fraction of sp³-hybridized carbons (Fsp3) is 0.400. The van der Waals surface area contributed by atoms with Crippen molar-refractivity contribution in [3.8, 4) is 5.88 Å². The van der Waals surface area contributed by atoms with Gasteiger partial charge in [-0.05, 0) is 13.0 Å². The summed E-state index contributed by atoms with van der Waals surface area (Å²) in [6.45, 7) is 3.79. The molecule has 0 unspecified atom stereocenters. The Balaban J connectivity index is 2.28. The lowest BCUT2D eigenvalue weighted by molar-refractivity contribution is 0.397. The molecule has 1 N–H and O–H groups in total. The Kier molecular flexibility index (Phi) is 2.71. The largest absolute Gasteiger partial charge is 0.481 e. The first-order valence-electron chi connectivity index (χ1n) is 4.91. The minimum absolute atomic E-state index is 0.609. The van der Waals surface area contributed by atoms with Crippen molar-refractivity contribution in [3.63, 3.8) is 0 Å². The van der Waals surface area contributed by atoms with E-state index in [1.165, 1.54) is 0 Å². The summed E-state index contributed by atoms with van der Waals surface area (Å²) in [6.07, 6.45) is 1.73. The normalized spacial score (nSPS) is 14.8. The molecule has 80 valence electrons. The summed E-state index contributed by atoms with van der Waals surface area (Å²) in [5.41, 5.74) is 3.98. The molecule has 0 aliphatic carbocycles. The number of hydrogen-bond acceptors (Lipinski definition) is 5. The third-order valence-corrected chi connectivity index (χ3v) is 2.33. The molecular formula is C10H14N4O. The summed E-state index contributed by atoms with van der Waals surface area (Å²) in [6, 6.07) is 3.81. The van der Waals surface area contributed by atoms with E-state index in [-0.39, 0.29) is 0 Å². The third-order valence-electron chi connectivity index (χ3n) is 2.33. The number of methoxy groups -OCH3 is 1. The lowest BCUT2D eigenvalue weighted by Crippen LogP contribution is -2.29. The molecule has 2 heterocycles. The molecule has 0 spiro atoms. The fourth-order valence-corrected chi connectivity index (χ4v) is 1.51. The van der Waals surface area contributed by atoms with Crippen molar-refractivity contribution in [1.29, 1.82) is 0 Å². The number of ether oxygens (including phenoxy) is 1. The molecule has 2 rings (SSSR count). The maximum atomic E-state index is 5.08. The van der Waals surface area contributed by atoms with Crippen LogP contribution in [-0.4, -0.2) is 36.0 Å². The molecule has 0 aromatic carbocycles. The van der Waals surface area contributed by atoms with Crippen molar-refractivity contribution in [2.45, 2.75) is 6.92 Å². The van der Waals surface area contributed by atoms with Crippen molar-refractivity contribution in [2.75, 3.05) is 20.3 Å². The maximum absolute atomic E-state index is 5.08. The average molecular weight is 206 g/mol. The van der Waals surface area contributed by atoms with Crippen LogP contribution in [0.25, 0.3) is 0 Å². The van der Waals surface area contributed by atoms with E-state index in [0.717, 1.165) is 24.6 Å². The molecule has 1 aromatic heterocycles. The van der Waals surface area contributed by atoms with Gasteiger partial charge in [0.1, 0.15) is 6.67 Å². The number of aromatic nitrogens is 1. The van der Waals surface area contributed by atoms with E-state index in [0.29, 0.717) is 5.88 Å². The summed E-state index contributed by atoms with van der Waals surface area (Å²) in [5, 5.41) is 4.24. The van der Waals surface area contributed by atoms with Crippen LogP contribution >= 0.6 is 0 Å². The summed E-state index contributed by atoms with van der Waals surface area (Å²) >= 11 is 0. The summed E-state index contributed by atoms with van der Waals surface area (Å²) in [7, 11) is 1.61. The third kappa shape index (κ3) is 1.86. The summed E-state index contributed by atoms with van der Waals surface area (Å²) in [5.74, 6) is 1.55. The van der Waals surface area contributed by atoms with E-state index >= 15 is 0 Å². The number of nitrogens with zero attached hydrogens (tertiary/aromatic N) is 3. The van der Waals surface area contributed by atoms with Crippen LogP contribution in [0, 0.1) is 0 Å². The van der Waals surface area contributed by atoms with Crippen LogP contribution in [0.4, 0.5) is 0 Å². The molecule has 0 radical (unpaired) electrons. The maximum Gasteiger partial charge on any atom is 0.213 e. The summed E-state index contributed by atoms with van der Waals surface area (Å²) < 4.78 is 5.08. The van der Waals surface area contributed by atoms with Gasteiger partial charge in [0.25, 0.3) is 0 Å². The van der Waals surface area contributed by atoms with Gasteiger partial charge in [-0.3, -0.25) is 5.43 Å². The first-order chi connectivity index (χ1) is 7.35. The molecule has 15 heavy (non-hydrogen) atoms. The van der Waals surface area contributed by atoms with Gasteiger partial charge in [-0.1, -0.05) is 0 Å². The van der Waals surface area contributed by atoms with E-state index in [9.17, 15) is 0 Å². The van der Waals surface area contributed by atoms with E-state index in [4.69, 9.17) is 4.74 Å². The molecule has 0 saturated carbocycles. The highest BCUT2D eigenvalue weighted by Crippen LogP contribution is 2.13. The fourth-order valence-electron chi connectivity index (χ4n) is 1.51. The van der Waals surface area contributed by atoms with Crippen LogP contribution in [0.15, 0.2) is 23.4 Å². The van der Waals surface area contributed by atoms with Crippen molar-refractivity contribution in [3.05, 3.63) is 23.9 Å². The molecular weight excluding hydrogens is 192 g/mol. The van der Waals surface area contributed by atoms with E-state index in [2.05, 4.69) is 27.3 Å². The molecule has 0 bridgehead atoms. The standard InChI is InChI=1S/C10H14N4O/c1-3-14-7-12-13-10(14)8-4-5-11-9(6-8)15-2/h4-6,12H,3,7H2,1-2H3. The van der Waals surface area contributed by atoms with Gasteiger partial charge in [-0.15, -0.1) is 0 Å². The highest BCUT2D eigenvalue weighted by molar-refractivity contribution is 5.99. The summed E-state index contributed by atoms with van der Waals surface area (Å²) in [4.78, 5) is 6.21. The smallest absolute Gasteiger partial charge is 0.213 e. The van der Waals surface area contributed by atoms with E-state index in [1.807, 2.05) is 12.1 Å². The molecule has 0 amide bonds. The topological polar surface area (TPSA) is 49.8 Å². The van der Waals surface area contributed by atoms with Crippen LogP contribution < -0.4 is 10.2 Å². The van der Waals surface area contributed by atoms with Crippen molar-refractivity contribution in [2.24, 2.45) is 5.10 Å². The Hall–Kier alpha value is -1.78. The van der Waals surface area contributed by atoms with Gasteiger partial charge >= 0.3 is 0 Å². The Morgan fingerprint density at radius 3 is 3.20 bits per heavy atom. The van der Waals surface area contributed by atoms with Gasteiger partial charge < -0.3 is 9.64 Å². The molecule has 1 aliphatic rings. The number of rotatable bonds is 3. The predicted molar refractivity (Wildman–Crippen MR) is 57.7 cm³/mol. The van der Waals surface area contributed by atoms with Crippen LogP contribution in [-0.2, 0) is 0 Å². The highest BCUT2D eigenvalue weighted by Gasteiger charge is 2.17. The first-order valence-corrected chi connectivity index (χ1v) is 4.91. The molecule has 5 nitrogen and oxygen atoms in total. The molecule has 5 heteroatoms. The second-order valence-corrected chi connectivity index (χ2v) is 3.19. The predicted octanol–water partition coefficient (Wildman–Crippen LogP) is 0.634. The van der Waals surface area contributed by atoms with Gasteiger partial charge in [-0.2, -0.15) is 5.10 Å². The number of hydrogen-bond donors (Lipinski definition) is 1. The zero-order valence-electron chi connectivity index (χ0n) is 8.90. The SMILES string of the molecule is CCN1CNN=C1c1ccnc(OC)c1. The monoisotopic (exact) mass is 206 g/mol. The van der Waals surface area contributed by atoms with Gasteiger partial charge in [0.2, 0.25) is 5.88 Å². The molecule has 0 fully saturated rings. The minimum atomic E-state index is 0.609. The Bertz CT molecular complexity index is 377. The number of amidine groups is 1. The van der Waals surface area contributed by atoms with Gasteiger partial charge in [-0.25, -0.2) is 4.98 Å². The number of nitrogens with one attached hydrogen (secondary N) is 1. The number of hydrazone groups is 1. The van der Waals surface area contributed by atoms with Gasteiger partial charge in [0, 0.05) is 24.4 Å². The Morgan fingerprint density at radius 1 is 1.60 bits per heavy atom. The van der Waals surface area contributed by atoms with Crippen LogP contribution in [0.5, 0.6) is 5.88 Å². The van der Waals surface area contributed by atoms with Crippen LogP contribution in [0.1, 0.15) is 12.5 Å². The van der Waals surface area contributed by atoms with Crippen molar-refractivity contribution < 1.29 is 4.74 Å². The molecule has 1 aliphatic heterocycles. The van der Waals surface area contributed by atoms with Crippen LogP contribution in [0.2, 0.25) is 0 Å². The molecule has 0 atom stereocenters.